The smallest absolute Gasteiger partial charge is 0.243 e. The van der Waals surface area contributed by atoms with E-state index in [1.165, 1.54) is 9.47 Å². The van der Waals surface area contributed by atoms with E-state index in [1.54, 1.807) is 0 Å². The van der Waals surface area contributed by atoms with Gasteiger partial charge in [-0.25, -0.2) is 14.2 Å². The minimum Gasteiger partial charge on any atom is -0.243 e. The van der Waals surface area contributed by atoms with Crippen molar-refractivity contribution in [1.29, 1.82) is 0 Å². The molecule has 0 aromatic carbocycles. The number of alkyl halides is 20. The molecule has 0 fully saturated rings. The number of rotatable bonds is 9. The van der Waals surface area contributed by atoms with Gasteiger partial charge < -0.3 is 0 Å². The van der Waals surface area contributed by atoms with Gasteiger partial charge in [-0.2, -0.15) is 74.6 Å². The Hall–Kier alpha value is -1.52. The van der Waals surface area contributed by atoms with E-state index in [4.69, 9.17) is 0 Å². The van der Waals surface area contributed by atoms with Gasteiger partial charge in [0.1, 0.15) is 0 Å². The van der Waals surface area contributed by atoms with E-state index in [-0.39, 0.29) is 0 Å². The first-order valence-electron chi connectivity index (χ1n) is 6.25. The number of halogens is 20. The molecule has 0 spiro atoms. The lowest BCUT2D eigenvalue weighted by Gasteiger charge is -2.37. The van der Waals surface area contributed by atoms with Crippen LogP contribution >= 0.6 is 0 Å². The van der Waals surface area contributed by atoms with Gasteiger partial charge in [0.2, 0.25) is 0 Å². The zero-order chi connectivity index (χ0) is 26.6. The van der Waals surface area contributed by atoms with Crippen LogP contribution in [0.25, 0.3) is 0 Å². The third-order valence-electron chi connectivity index (χ3n) is 2.55. The van der Waals surface area contributed by atoms with Crippen molar-refractivity contribution in [3.63, 3.8) is 0 Å². The molecular weight excluding hydrogens is 536 g/mol. The summed E-state index contributed by atoms with van der Waals surface area (Å²) in [6.45, 7) is 0. The molecular formula is C9F20O3. The average molecular weight is 536 g/mol. The number of hydrogen-bond donors (Lipinski definition) is 0. The average Bonchev–Trinajstić information content (AvgIpc) is 2.39. The normalized spacial score (nSPS) is 16.5. The number of ether oxygens (including phenoxy) is 3. The van der Waals surface area contributed by atoms with Gasteiger partial charge in [-0.1, -0.05) is 0 Å². The fourth-order valence-corrected chi connectivity index (χ4v) is 1.13. The molecule has 0 saturated carbocycles. The molecule has 0 saturated heterocycles. The molecule has 0 amide bonds. The molecule has 0 bridgehead atoms. The molecule has 0 rings (SSSR count). The molecule has 0 unspecified atom stereocenters. The predicted octanol–water partition coefficient (Wildman–Crippen LogP) is 6.35. The first kappa shape index (κ1) is 30.5. The predicted molar refractivity (Wildman–Crippen MR) is 50.0 cm³/mol. The summed E-state index contributed by atoms with van der Waals surface area (Å²) in [5.41, 5.74) is 0. The SMILES string of the molecule is FC(F)(F)OC(F)(F)C(F)(F)OC(F)(F)C(F)(F)OC(F)(F)C(F)(F)C(F)(F)C(F)(F)F. The van der Waals surface area contributed by atoms with Crippen LogP contribution in [0.5, 0.6) is 0 Å². The Morgan fingerprint density at radius 2 is 0.531 bits per heavy atom. The molecule has 194 valence electrons. The van der Waals surface area contributed by atoms with Crippen LogP contribution in [0.15, 0.2) is 0 Å². The molecule has 23 heteroatoms. The van der Waals surface area contributed by atoms with Gasteiger partial charge >= 0.3 is 54.9 Å². The molecule has 0 radical (unpaired) electrons. The Labute approximate surface area is 158 Å². The fourth-order valence-electron chi connectivity index (χ4n) is 1.13. The second-order valence-corrected chi connectivity index (χ2v) is 4.98. The molecule has 3 nitrogen and oxygen atoms in total. The molecule has 0 N–H and O–H groups in total. The van der Waals surface area contributed by atoms with E-state index in [1.807, 2.05) is 0 Å². The summed E-state index contributed by atoms with van der Waals surface area (Å²) < 4.78 is 251. The summed E-state index contributed by atoms with van der Waals surface area (Å²) in [7, 11) is 0. The van der Waals surface area contributed by atoms with E-state index >= 15 is 0 Å². The van der Waals surface area contributed by atoms with E-state index in [2.05, 4.69) is 0 Å². The third-order valence-corrected chi connectivity index (χ3v) is 2.55. The zero-order valence-corrected chi connectivity index (χ0v) is 13.3. The lowest BCUT2D eigenvalue weighted by molar-refractivity contribution is -0.574. The van der Waals surface area contributed by atoms with Gasteiger partial charge in [0.05, 0.1) is 0 Å². The first-order valence-corrected chi connectivity index (χ1v) is 6.25. The minimum atomic E-state index is -8.19. The van der Waals surface area contributed by atoms with Gasteiger partial charge in [-0.3, -0.25) is 0 Å². The second kappa shape index (κ2) is 7.77. The van der Waals surface area contributed by atoms with Crippen LogP contribution in [0.2, 0.25) is 0 Å². The Morgan fingerprint density at radius 3 is 0.781 bits per heavy atom. The van der Waals surface area contributed by atoms with Gasteiger partial charge in [-0.05, 0) is 0 Å². The molecule has 0 aromatic heterocycles. The maximum atomic E-state index is 12.9. The van der Waals surface area contributed by atoms with E-state index in [9.17, 15) is 87.8 Å². The van der Waals surface area contributed by atoms with Crippen LogP contribution in [-0.4, -0.2) is 54.9 Å². The monoisotopic (exact) mass is 536 g/mol. The Morgan fingerprint density at radius 1 is 0.281 bits per heavy atom. The van der Waals surface area contributed by atoms with Gasteiger partial charge in [0.15, 0.2) is 0 Å². The summed E-state index contributed by atoms with van der Waals surface area (Å²) in [5.74, 6) is -16.2. The summed E-state index contributed by atoms with van der Waals surface area (Å²) in [4.78, 5) is 0. The molecule has 0 aliphatic heterocycles. The fraction of sp³-hybridized carbons (Fsp3) is 1.00. The molecule has 0 heterocycles. The van der Waals surface area contributed by atoms with Crippen molar-refractivity contribution in [2.45, 2.75) is 54.9 Å². The standard InChI is InChI=1S/C9F20O3/c10-1(11,3(14,15)16)2(12,13)4(17,18)30-5(19,20)6(21,22)31-7(23,24)8(25,26)32-9(27,28)29. The zero-order valence-electron chi connectivity index (χ0n) is 13.3. The number of hydrogen-bond acceptors (Lipinski definition) is 3. The summed E-state index contributed by atoms with van der Waals surface area (Å²) in [6, 6.07) is 0. The van der Waals surface area contributed by atoms with Crippen LogP contribution < -0.4 is 0 Å². The Bertz CT molecular complexity index is 658. The lowest BCUT2D eigenvalue weighted by atomic mass is 10.1. The highest BCUT2D eigenvalue weighted by Gasteiger charge is 2.85. The molecule has 0 aliphatic rings. The Kier molecular flexibility index (Phi) is 7.40. The van der Waals surface area contributed by atoms with E-state index < -0.39 is 54.9 Å². The highest BCUT2D eigenvalue weighted by Crippen LogP contribution is 2.56. The highest BCUT2D eigenvalue weighted by atomic mass is 19.4. The maximum Gasteiger partial charge on any atom is 0.527 e. The van der Waals surface area contributed by atoms with Crippen molar-refractivity contribution in [3.8, 4) is 0 Å². The minimum absolute atomic E-state index is 1.08. The van der Waals surface area contributed by atoms with Gasteiger partial charge in [0.25, 0.3) is 0 Å². The van der Waals surface area contributed by atoms with Crippen molar-refractivity contribution >= 4 is 0 Å². The van der Waals surface area contributed by atoms with Crippen LogP contribution in [0.1, 0.15) is 0 Å². The summed E-state index contributed by atoms with van der Waals surface area (Å²) in [5, 5.41) is 0. The molecule has 0 aromatic rings. The topological polar surface area (TPSA) is 27.7 Å². The molecule has 0 atom stereocenters. The first-order chi connectivity index (χ1) is 13.4. The largest absolute Gasteiger partial charge is 0.527 e. The molecule has 0 aliphatic carbocycles. The van der Waals surface area contributed by atoms with Crippen molar-refractivity contribution in [3.05, 3.63) is 0 Å². The van der Waals surface area contributed by atoms with Crippen LogP contribution in [0.4, 0.5) is 87.8 Å². The van der Waals surface area contributed by atoms with Crippen molar-refractivity contribution < 1.29 is 102 Å². The van der Waals surface area contributed by atoms with Gasteiger partial charge in [-0.15, -0.1) is 13.2 Å². The van der Waals surface area contributed by atoms with Gasteiger partial charge in [0, 0.05) is 0 Å². The third kappa shape index (κ3) is 5.69. The second-order valence-electron chi connectivity index (χ2n) is 4.98. The summed E-state index contributed by atoms with van der Waals surface area (Å²) in [6.07, 6.45) is -53.2. The van der Waals surface area contributed by atoms with Crippen molar-refractivity contribution in [2.24, 2.45) is 0 Å². The van der Waals surface area contributed by atoms with Crippen molar-refractivity contribution in [2.75, 3.05) is 0 Å². The maximum absolute atomic E-state index is 12.9. The van der Waals surface area contributed by atoms with E-state index in [0.29, 0.717) is 0 Å². The van der Waals surface area contributed by atoms with E-state index in [0.717, 1.165) is 4.74 Å². The van der Waals surface area contributed by atoms with Crippen molar-refractivity contribution in [1.82, 2.24) is 0 Å². The van der Waals surface area contributed by atoms with Crippen LogP contribution in [0.3, 0.4) is 0 Å². The quantitative estimate of drug-likeness (QED) is 0.322. The Balaban J connectivity index is 6.05. The van der Waals surface area contributed by atoms with Crippen LogP contribution in [0, 0.1) is 0 Å². The lowest BCUT2D eigenvalue weighted by Crippen LogP contribution is -2.65. The molecule has 32 heavy (non-hydrogen) atoms. The van der Waals surface area contributed by atoms with Crippen LogP contribution in [-0.2, 0) is 14.2 Å². The summed E-state index contributed by atoms with van der Waals surface area (Å²) >= 11 is 0. The highest BCUT2D eigenvalue weighted by molar-refractivity contribution is 4.97.